The summed E-state index contributed by atoms with van der Waals surface area (Å²) in [6, 6.07) is 6.41. The van der Waals surface area contributed by atoms with Crippen LogP contribution in [0.1, 0.15) is 50.5 Å². The second-order valence-electron chi connectivity index (χ2n) is 4.68. The molecule has 0 aliphatic heterocycles. The van der Waals surface area contributed by atoms with Gasteiger partial charge in [0.15, 0.2) is 0 Å². The second-order valence-corrected chi connectivity index (χ2v) is 6.45. The molecule has 0 bridgehead atoms. The average molecular weight is 374 g/mol. The van der Waals surface area contributed by atoms with E-state index < -0.39 is 0 Å². The van der Waals surface area contributed by atoms with Gasteiger partial charge in [0, 0.05) is 8.95 Å². The summed E-state index contributed by atoms with van der Waals surface area (Å²) < 4.78 is 2.40. The van der Waals surface area contributed by atoms with Crippen molar-refractivity contribution in [2.45, 2.75) is 51.4 Å². The van der Waals surface area contributed by atoms with Gasteiger partial charge < -0.3 is 0 Å². The van der Waals surface area contributed by atoms with E-state index in [-0.39, 0.29) is 0 Å². The molecular weight excluding hydrogens is 352 g/mol. The van der Waals surface area contributed by atoms with E-state index in [1.165, 1.54) is 65.9 Å². The lowest BCUT2D eigenvalue weighted by Gasteiger charge is -2.05. The molecule has 0 radical (unpaired) electrons. The van der Waals surface area contributed by atoms with E-state index in [0.717, 1.165) is 0 Å². The average Bonchev–Trinajstić information content (AvgIpc) is 2.36. The summed E-state index contributed by atoms with van der Waals surface area (Å²) in [7, 11) is 0. The van der Waals surface area contributed by atoms with Crippen LogP contribution in [0.2, 0.25) is 0 Å². The molecule has 2 heteroatoms. The molecule has 0 saturated heterocycles. The maximum atomic E-state index is 3.75. The van der Waals surface area contributed by atoms with E-state index in [1.807, 2.05) is 6.08 Å². The highest BCUT2D eigenvalue weighted by molar-refractivity contribution is 9.11. The highest BCUT2D eigenvalue weighted by Crippen LogP contribution is 2.23. The van der Waals surface area contributed by atoms with Gasteiger partial charge in [0.1, 0.15) is 0 Å². The maximum absolute atomic E-state index is 3.75. The molecule has 0 fully saturated rings. The van der Waals surface area contributed by atoms with Crippen LogP contribution in [-0.2, 0) is 6.42 Å². The van der Waals surface area contributed by atoms with Gasteiger partial charge in [-0.3, -0.25) is 0 Å². The number of rotatable bonds is 9. The predicted molar refractivity (Wildman–Crippen MR) is 88.1 cm³/mol. The van der Waals surface area contributed by atoms with Crippen LogP contribution in [0.4, 0.5) is 0 Å². The first-order chi connectivity index (χ1) is 8.74. The van der Waals surface area contributed by atoms with Crippen molar-refractivity contribution < 1.29 is 0 Å². The standard InChI is InChI=1S/C16H22Br2/c1-2-3-4-5-6-7-8-9-10-14-13-15(17)11-12-16(14)18/h2,11-13H,1,3-10H2. The molecule has 0 saturated carbocycles. The zero-order valence-electron chi connectivity index (χ0n) is 10.9. The third-order valence-corrected chi connectivity index (χ3v) is 4.38. The fourth-order valence-electron chi connectivity index (χ4n) is 2.05. The fraction of sp³-hybridized carbons (Fsp3) is 0.500. The molecule has 100 valence electrons. The van der Waals surface area contributed by atoms with Gasteiger partial charge in [-0.05, 0) is 49.4 Å². The lowest BCUT2D eigenvalue weighted by molar-refractivity contribution is 0.596. The Kier molecular flexibility index (Phi) is 8.70. The zero-order chi connectivity index (χ0) is 13.2. The Hall–Kier alpha value is -0.0800. The van der Waals surface area contributed by atoms with Crippen LogP contribution < -0.4 is 0 Å². The van der Waals surface area contributed by atoms with Gasteiger partial charge in [0.25, 0.3) is 0 Å². The van der Waals surface area contributed by atoms with Crippen molar-refractivity contribution in [3.8, 4) is 0 Å². The molecule has 0 heterocycles. The van der Waals surface area contributed by atoms with E-state index in [4.69, 9.17) is 0 Å². The molecule has 1 aromatic carbocycles. The van der Waals surface area contributed by atoms with Crippen LogP contribution in [0.3, 0.4) is 0 Å². The molecule has 0 spiro atoms. The Morgan fingerprint density at radius 3 is 2.33 bits per heavy atom. The van der Waals surface area contributed by atoms with Crippen molar-refractivity contribution >= 4 is 31.9 Å². The number of benzene rings is 1. The molecule has 0 amide bonds. The van der Waals surface area contributed by atoms with Crippen LogP contribution in [0.5, 0.6) is 0 Å². The van der Waals surface area contributed by atoms with Crippen LogP contribution >= 0.6 is 31.9 Å². The normalized spacial score (nSPS) is 10.6. The first-order valence-electron chi connectivity index (χ1n) is 6.79. The monoisotopic (exact) mass is 372 g/mol. The van der Waals surface area contributed by atoms with Crippen molar-refractivity contribution in [1.82, 2.24) is 0 Å². The van der Waals surface area contributed by atoms with Gasteiger partial charge in [-0.25, -0.2) is 0 Å². The van der Waals surface area contributed by atoms with E-state index in [0.29, 0.717) is 0 Å². The molecule has 0 aromatic heterocycles. The Labute approximate surface area is 128 Å². The summed E-state index contributed by atoms with van der Waals surface area (Å²) >= 11 is 7.14. The largest absolute Gasteiger partial charge is 0.103 e. The minimum Gasteiger partial charge on any atom is -0.103 e. The Balaban J connectivity index is 2.10. The Morgan fingerprint density at radius 2 is 1.61 bits per heavy atom. The molecule has 0 nitrogen and oxygen atoms in total. The smallest absolute Gasteiger partial charge is 0.0208 e. The molecule has 0 atom stereocenters. The fourth-order valence-corrected chi connectivity index (χ4v) is 2.90. The van der Waals surface area contributed by atoms with Crippen molar-refractivity contribution in [3.63, 3.8) is 0 Å². The van der Waals surface area contributed by atoms with Crippen LogP contribution in [0, 0.1) is 0 Å². The summed E-state index contributed by atoms with van der Waals surface area (Å²) in [5, 5.41) is 0. The van der Waals surface area contributed by atoms with Gasteiger partial charge in [-0.2, -0.15) is 0 Å². The number of halogens is 2. The molecule has 0 aliphatic rings. The molecule has 0 aliphatic carbocycles. The molecule has 0 unspecified atom stereocenters. The number of hydrogen-bond acceptors (Lipinski definition) is 0. The molecule has 18 heavy (non-hydrogen) atoms. The summed E-state index contributed by atoms with van der Waals surface area (Å²) in [6.07, 6.45) is 12.4. The molecular formula is C16H22Br2. The highest BCUT2D eigenvalue weighted by Gasteiger charge is 2.00. The third-order valence-electron chi connectivity index (χ3n) is 3.11. The van der Waals surface area contributed by atoms with Crippen LogP contribution in [-0.4, -0.2) is 0 Å². The first-order valence-corrected chi connectivity index (χ1v) is 8.37. The number of hydrogen-bond donors (Lipinski definition) is 0. The van der Waals surface area contributed by atoms with Gasteiger partial charge in [0.05, 0.1) is 0 Å². The number of allylic oxidation sites excluding steroid dienone is 1. The van der Waals surface area contributed by atoms with Crippen LogP contribution in [0.25, 0.3) is 0 Å². The van der Waals surface area contributed by atoms with Gasteiger partial charge >= 0.3 is 0 Å². The Morgan fingerprint density at radius 1 is 0.944 bits per heavy atom. The number of aryl methyl sites for hydroxylation is 1. The predicted octanol–water partition coefficient (Wildman–Crippen LogP) is 6.67. The summed E-state index contributed by atoms with van der Waals surface area (Å²) in [4.78, 5) is 0. The maximum Gasteiger partial charge on any atom is 0.0208 e. The van der Waals surface area contributed by atoms with Crippen molar-refractivity contribution in [2.24, 2.45) is 0 Å². The molecule has 1 aromatic rings. The topological polar surface area (TPSA) is 0 Å². The lowest BCUT2D eigenvalue weighted by Crippen LogP contribution is -1.88. The van der Waals surface area contributed by atoms with Crippen molar-refractivity contribution in [3.05, 3.63) is 45.4 Å². The zero-order valence-corrected chi connectivity index (χ0v) is 14.1. The summed E-state index contributed by atoms with van der Waals surface area (Å²) in [6.45, 7) is 3.75. The van der Waals surface area contributed by atoms with Crippen molar-refractivity contribution in [2.75, 3.05) is 0 Å². The second kappa shape index (κ2) is 9.80. The van der Waals surface area contributed by atoms with Gasteiger partial charge in [-0.15, -0.1) is 6.58 Å². The summed E-state index contributed by atoms with van der Waals surface area (Å²) in [5.74, 6) is 0. The number of unbranched alkanes of at least 4 members (excludes halogenated alkanes) is 6. The van der Waals surface area contributed by atoms with E-state index in [2.05, 4.69) is 56.6 Å². The highest BCUT2D eigenvalue weighted by atomic mass is 79.9. The van der Waals surface area contributed by atoms with E-state index >= 15 is 0 Å². The quantitative estimate of drug-likeness (QED) is 0.335. The van der Waals surface area contributed by atoms with E-state index in [9.17, 15) is 0 Å². The minimum absolute atomic E-state index is 1.17. The molecule has 0 N–H and O–H groups in total. The van der Waals surface area contributed by atoms with Crippen molar-refractivity contribution in [1.29, 1.82) is 0 Å². The minimum atomic E-state index is 1.17. The Bertz CT molecular complexity index is 358. The third kappa shape index (κ3) is 6.75. The first kappa shape index (κ1) is 16.0. The SMILES string of the molecule is C=CCCCCCCCCc1cc(Br)ccc1Br. The van der Waals surface area contributed by atoms with Gasteiger partial charge in [-0.1, -0.05) is 63.6 Å². The summed E-state index contributed by atoms with van der Waals surface area (Å²) in [5.41, 5.74) is 1.41. The van der Waals surface area contributed by atoms with E-state index in [1.54, 1.807) is 0 Å². The van der Waals surface area contributed by atoms with Crippen LogP contribution in [0.15, 0.2) is 39.8 Å². The lowest BCUT2D eigenvalue weighted by atomic mass is 10.0. The van der Waals surface area contributed by atoms with Gasteiger partial charge in [0.2, 0.25) is 0 Å². The molecule has 1 rings (SSSR count).